The normalized spacial score (nSPS) is 13.1. The standard InChI is InChI=1S/C21H20N2O3S/c22-27(25,26)17-9-4-14(5-10-17)12-13-23-21(24)19-11-8-16-7-6-15-2-1-3-18(19)20(15)16/h1-5,8-11H,6-7,12-13H2,(H,23,24)(H2,22,25,26). The van der Waals surface area contributed by atoms with Crippen molar-refractivity contribution in [1.82, 2.24) is 5.32 Å². The minimum atomic E-state index is -3.68. The van der Waals surface area contributed by atoms with E-state index in [1.165, 1.54) is 28.6 Å². The Bertz CT molecular complexity index is 1130. The third-order valence-corrected chi connectivity index (χ3v) is 6.00. The lowest BCUT2D eigenvalue weighted by molar-refractivity contribution is 0.0956. The fourth-order valence-electron chi connectivity index (χ4n) is 3.71. The van der Waals surface area contributed by atoms with Crippen LogP contribution in [0.15, 0.2) is 59.5 Å². The summed E-state index contributed by atoms with van der Waals surface area (Å²) < 4.78 is 22.6. The van der Waals surface area contributed by atoms with Gasteiger partial charge in [-0.25, -0.2) is 13.6 Å². The number of hydrogen-bond acceptors (Lipinski definition) is 3. The fourth-order valence-corrected chi connectivity index (χ4v) is 4.22. The SMILES string of the molecule is NS(=O)(=O)c1ccc(CCNC(=O)c2ccc3c4c(cccc24)CC3)cc1. The van der Waals surface area contributed by atoms with E-state index in [0.29, 0.717) is 18.5 Å². The molecule has 1 amide bonds. The predicted molar refractivity (Wildman–Crippen MR) is 105 cm³/mol. The Morgan fingerprint density at radius 3 is 2.37 bits per heavy atom. The van der Waals surface area contributed by atoms with E-state index in [4.69, 9.17) is 5.14 Å². The Labute approximate surface area is 158 Å². The molecule has 0 spiro atoms. The lowest BCUT2D eigenvalue weighted by Crippen LogP contribution is -2.26. The van der Waals surface area contributed by atoms with Gasteiger partial charge in [0.05, 0.1) is 4.90 Å². The van der Waals surface area contributed by atoms with Gasteiger partial charge in [0.2, 0.25) is 10.0 Å². The zero-order chi connectivity index (χ0) is 19.0. The van der Waals surface area contributed by atoms with Crippen molar-refractivity contribution in [1.29, 1.82) is 0 Å². The molecule has 0 saturated carbocycles. The monoisotopic (exact) mass is 380 g/mol. The highest BCUT2D eigenvalue weighted by molar-refractivity contribution is 7.89. The average Bonchev–Trinajstić information content (AvgIpc) is 3.07. The first kappa shape index (κ1) is 17.7. The summed E-state index contributed by atoms with van der Waals surface area (Å²) in [5, 5.41) is 10.3. The van der Waals surface area contributed by atoms with Crippen molar-refractivity contribution in [2.45, 2.75) is 24.2 Å². The second-order valence-electron chi connectivity index (χ2n) is 6.81. The third-order valence-electron chi connectivity index (χ3n) is 5.07. The van der Waals surface area contributed by atoms with Gasteiger partial charge in [-0.1, -0.05) is 36.4 Å². The summed E-state index contributed by atoms with van der Waals surface area (Å²) in [6.07, 6.45) is 2.68. The number of carbonyl (C=O) groups excluding carboxylic acids is 1. The van der Waals surface area contributed by atoms with E-state index in [0.717, 1.165) is 23.8 Å². The van der Waals surface area contributed by atoms with Crippen LogP contribution in [0.2, 0.25) is 0 Å². The highest BCUT2D eigenvalue weighted by atomic mass is 32.2. The van der Waals surface area contributed by atoms with Crippen LogP contribution in [-0.2, 0) is 29.3 Å². The van der Waals surface area contributed by atoms with Gasteiger partial charge >= 0.3 is 0 Å². The second-order valence-corrected chi connectivity index (χ2v) is 8.37. The van der Waals surface area contributed by atoms with Crippen molar-refractivity contribution in [2.24, 2.45) is 5.14 Å². The van der Waals surface area contributed by atoms with Crippen molar-refractivity contribution in [3.8, 4) is 0 Å². The molecule has 0 unspecified atom stereocenters. The number of primary sulfonamides is 1. The maximum absolute atomic E-state index is 12.7. The summed E-state index contributed by atoms with van der Waals surface area (Å²) in [6.45, 7) is 0.469. The number of amides is 1. The fraction of sp³-hybridized carbons (Fsp3) is 0.190. The van der Waals surface area contributed by atoms with Crippen molar-refractivity contribution >= 4 is 26.7 Å². The van der Waals surface area contributed by atoms with Crippen LogP contribution in [0.4, 0.5) is 0 Å². The zero-order valence-electron chi connectivity index (χ0n) is 14.7. The lowest BCUT2D eigenvalue weighted by Gasteiger charge is -2.10. The average molecular weight is 380 g/mol. The molecular weight excluding hydrogens is 360 g/mol. The maximum Gasteiger partial charge on any atom is 0.251 e. The number of carbonyl (C=O) groups is 1. The number of rotatable bonds is 5. The smallest absolute Gasteiger partial charge is 0.251 e. The number of aryl methyl sites for hydroxylation is 2. The third kappa shape index (κ3) is 3.46. The van der Waals surface area contributed by atoms with E-state index in [-0.39, 0.29) is 10.8 Å². The summed E-state index contributed by atoms with van der Waals surface area (Å²) >= 11 is 0. The molecule has 3 N–H and O–H groups in total. The van der Waals surface area contributed by atoms with E-state index in [1.807, 2.05) is 18.2 Å². The van der Waals surface area contributed by atoms with Gasteiger partial charge in [0.15, 0.2) is 0 Å². The van der Waals surface area contributed by atoms with Gasteiger partial charge in [0, 0.05) is 12.1 Å². The Kier molecular flexibility index (Phi) is 4.45. The summed E-state index contributed by atoms with van der Waals surface area (Å²) in [5.74, 6) is -0.0910. The van der Waals surface area contributed by atoms with E-state index in [1.54, 1.807) is 12.1 Å². The van der Waals surface area contributed by atoms with Crippen LogP contribution in [0.3, 0.4) is 0 Å². The molecule has 1 aliphatic carbocycles. The van der Waals surface area contributed by atoms with Gasteiger partial charge in [-0.15, -0.1) is 0 Å². The van der Waals surface area contributed by atoms with Crippen molar-refractivity contribution in [2.75, 3.05) is 6.54 Å². The number of sulfonamides is 1. The van der Waals surface area contributed by atoms with Crippen LogP contribution >= 0.6 is 0 Å². The zero-order valence-corrected chi connectivity index (χ0v) is 15.6. The van der Waals surface area contributed by atoms with Gasteiger partial charge in [-0.05, 0) is 64.9 Å². The summed E-state index contributed by atoms with van der Waals surface area (Å²) in [6, 6.07) is 16.5. The molecule has 6 heteroatoms. The van der Waals surface area contributed by atoms with Gasteiger partial charge in [0.25, 0.3) is 5.91 Å². The Hall–Kier alpha value is -2.70. The van der Waals surface area contributed by atoms with E-state index < -0.39 is 10.0 Å². The molecule has 0 atom stereocenters. The van der Waals surface area contributed by atoms with E-state index >= 15 is 0 Å². The van der Waals surface area contributed by atoms with Gasteiger partial charge < -0.3 is 5.32 Å². The molecule has 0 aliphatic heterocycles. The van der Waals surface area contributed by atoms with E-state index in [2.05, 4.69) is 17.4 Å². The number of benzene rings is 3. The quantitative estimate of drug-likeness (QED) is 0.713. The van der Waals surface area contributed by atoms with Gasteiger partial charge in [0.1, 0.15) is 0 Å². The van der Waals surface area contributed by atoms with Crippen LogP contribution in [0, 0.1) is 0 Å². The molecule has 5 nitrogen and oxygen atoms in total. The van der Waals surface area contributed by atoms with Gasteiger partial charge in [-0.2, -0.15) is 0 Å². The molecule has 4 rings (SSSR count). The summed E-state index contributed by atoms with van der Waals surface area (Å²) in [4.78, 5) is 12.8. The minimum absolute atomic E-state index is 0.0863. The van der Waals surface area contributed by atoms with Crippen LogP contribution < -0.4 is 10.5 Å². The van der Waals surface area contributed by atoms with Crippen molar-refractivity contribution in [3.05, 3.63) is 76.9 Å². The molecule has 0 bridgehead atoms. The molecule has 3 aromatic carbocycles. The van der Waals surface area contributed by atoms with Crippen LogP contribution in [0.1, 0.15) is 27.0 Å². The summed E-state index contributed by atoms with van der Waals surface area (Å²) in [7, 11) is -3.68. The highest BCUT2D eigenvalue weighted by Gasteiger charge is 2.18. The molecule has 1 aliphatic rings. The predicted octanol–water partition coefficient (Wildman–Crippen LogP) is 2.56. The first-order chi connectivity index (χ1) is 12.9. The first-order valence-corrected chi connectivity index (χ1v) is 10.4. The molecule has 27 heavy (non-hydrogen) atoms. The second kappa shape index (κ2) is 6.79. The maximum atomic E-state index is 12.7. The van der Waals surface area contributed by atoms with Crippen LogP contribution in [0.5, 0.6) is 0 Å². The Balaban J connectivity index is 1.46. The molecule has 0 radical (unpaired) electrons. The molecular formula is C21H20N2O3S. The van der Waals surface area contributed by atoms with Gasteiger partial charge in [-0.3, -0.25) is 4.79 Å². The van der Waals surface area contributed by atoms with Crippen LogP contribution in [-0.4, -0.2) is 20.9 Å². The molecule has 0 aromatic heterocycles. The van der Waals surface area contributed by atoms with Crippen LogP contribution in [0.25, 0.3) is 10.8 Å². The molecule has 0 fully saturated rings. The molecule has 0 heterocycles. The molecule has 138 valence electrons. The number of hydrogen-bond donors (Lipinski definition) is 2. The van der Waals surface area contributed by atoms with E-state index in [9.17, 15) is 13.2 Å². The lowest BCUT2D eigenvalue weighted by atomic mass is 9.99. The molecule has 0 saturated heterocycles. The number of nitrogens with two attached hydrogens (primary N) is 1. The molecule has 3 aromatic rings. The first-order valence-electron chi connectivity index (χ1n) is 8.87. The topological polar surface area (TPSA) is 89.3 Å². The number of nitrogens with one attached hydrogen (secondary N) is 1. The van der Waals surface area contributed by atoms with Crippen molar-refractivity contribution in [3.63, 3.8) is 0 Å². The Morgan fingerprint density at radius 2 is 1.67 bits per heavy atom. The highest BCUT2D eigenvalue weighted by Crippen LogP contribution is 2.32. The van der Waals surface area contributed by atoms with Crippen molar-refractivity contribution < 1.29 is 13.2 Å². The Morgan fingerprint density at radius 1 is 0.963 bits per heavy atom. The minimum Gasteiger partial charge on any atom is -0.352 e. The largest absolute Gasteiger partial charge is 0.352 e. The summed E-state index contributed by atoms with van der Waals surface area (Å²) in [5.41, 5.74) is 4.25.